The topological polar surface area (TPSA) is 104 Å². The molecule has 0 amide bonds. The van der Waals surface area contributed by atoms with Crippen LogP contribution in [0.15, 0.2) is 40.5 Å². The number of alkyl halides is 3. The van der Waals surface area contributed by atoms with E-state index in [4.69, 9.17) is 10.00 Å². The molecule has 2 N–H and O–H groups in total. The monoisotopic (exact) mass is 433 g/mol. The lowest BCUT2D eigenvalue weighted by molar-refractivity contribution is -0.183. The highest BCUT2D eigenvalue weighted by atomic mass is 19.4. The Morgan fingerprint density at radius 1 is 1.29 bits per heavy atom. The summed E-state index contributed by atoms with van der Waals surface area (Å²) in [5.74, 6) is -2.10. The summed E-state index contributed by atoms with van der Waals surface area (Å²) < 4.78 is 47.8. The standard InChI is InChI=1S/C21H18F3N3O4/c1-10-8-26-19(28)17-16(13-5-4-12(7-25)6-14(13)30-3)15(11(2)27-18(10)17)20(29)31-9-21(22,23)24/h4-6,8,16,27H,9H2,1-3H3,(H,26,28). The fourth-order valence-electron chi connectivity index (χ4n) is 3.53. The maximum atomic E-state index is 12.8. The molecular weight excluding hydrogens is 415 g/mol. The highest BCUT2D eigenvalue weighted by molar-refractivity contribution is 5.95. The van der Waals surface area contributed by atoms with Crippen LogP contribution in [0.1, 0.15) is 35.1 Å². The van der Waals surface area contributed by atoms with E-state index in [2.05, 4.69) is 15.0 Å². The van der Waals surface area contributed by atoms with Crippen molar-refractivity contribution in [1.29, 1.82) is 5.26 Å². The van der Waals surface area contributed by atoms with Crippen LogP contribution in [0.2, 0.25) is 0 Å². The molecule has 2 aromatic rings. The number of fused-ring (bicyclic) bond motifs is 1. The molecular formula is C21H18F3N3O4. The second-order valence-corrected chi connectivity index (χ2v) is 6.95. The first kappa shape index (κ1) is 22.0. The molecule has 1 atom stereocenters. The van der Waals surface area contributed by atoms with E-state index in [1.54, 1.807) is 6.92 Å². The number of nitriles is 1. The molecule has 0 aliphatic carbocycles. The maximum absolute atomic E-state index is 12.8. The molecule has 0 saturated carbocycles. The fourth-order valence-corrected chi connectivity index (χ4v) is 3.53. The summed E-state index contributed by atoms with van der Waals surface area (Å²) in [5.41, 5.74) is 1.39. The number of aromatic nitrogens is 1. The molecule has 0 spiro atoms. The van der Waals surface area contributed by atoms with Crippen molar-refractivity contribution in [3.8, 4) is 11.8 Å². The van der Waals surface area contributed by atoms with E-state index in [9.17, 15) is 22.8 Å². The zero-order valence-corrected chi connectivity index (χ0v) is 16.8. The number of methoxy groups -OCH3 is 1. The number of H-pyrrole nitrogens is 1. The number of halogens is 3. The zero-order valence-electron chi connectivity index (χ0n) is 16.8. The lowest BCUT2D eigenvalue weighted by atomic mass is 9.80. The predicted octanol–water partition coefficient (Wildman–Crippen LogP) is 3.50. The smallest absolute Gasteiger partial charge is 0.422 e. The number of nitrogens with zero attached hydrogens (tertiary/aromatic N) is 1. The molecule has 1 aliphatic heterocycles. The van der Waals surface area contributed by atoms with Crippen LogP contribution in [0.3, 0.4) is 0 Å². The van der Waals surface area contributed by atoms with Gasteiger partial charge in [-0.15, -0.1) is 0 Å². The van der Waals surface area contributed by atoms with Crippen molar-refractivity contribution in [2.24, 2.45) is 0 Å². The fraction of sp³-hybridized carbons (Fsp3) is 0.286. The molecule has 0 saturated heterocycles. The molecule has 162 valence electrons. The molecule has 1 aromatic heterocycles. The van der Waals surface area contributed by atoms with Crippen molar-refractivity contribution in [2.75, 3.05) is 19.0 Å². The molecule has 1 aromatic carbocycles. The van der Waals surface area contributed by atoms with Gasteiger partial charge in [-0.3, -0.25) is 4.79 Å². The minimum absolute atomic E-state index is 0.132. The average molecular weight is 433 g/mol. The van der Waals surface area contributed by atoms with Gasteiger partial charge < -0.3 is 19.8 Å². The number of rotatable bonds is 4. The third-order valence-electron chi connectivity index (χ3n) is 4.88. The van der Waals surface area contributed by atoms with Crippen molar-refractivity contribution in [3.05, 3.63) is 68.3 Å². The lowest BCUT2D eigenvalue weighted by Gasteiger charge is -2.31. The number of ether oxygens (including phenoxy) is 2. The highest BCUT2D eigenvalue weighted by Gasteiger charge is 2.39. The van der Waals surface area contributed by atoms with Crippen molar-refractivity contribution >= 4 is 11.7 Å². The van der Waals surface area contributed by atoms with E-state index >= 15 is 0 Å². The first-order valence-electron chi connectivity index (χ1n) is 9.09. The van der Waals surface area contributed by atoms with Crippen molar-refractivity contribution < 1.29 is 27.4 Å². The van der Waals surface area contributed by atoms with E-state index in [-0.39, 0.29) is 28.1 Å². The quantitative estimate of drug-likeness (QED) is 0.716. The van der Waals surface area contributed by atoms with E-state index < -0.39 is 30.2 Å². The Hall–Kier alpha value is -3.74. The maximum Gasteiger partial charge on any atom is 0.422 e. The summed E-state index contributed by atoms with van der Waals surface area (Å²) in [4.78, 5) is 28.1. The lowest BCUT2D eigenvalue weighted by Crippen LogP contribution is -2.32. The van der Waals surface area contributed by atoms with E-state index in [0.29, 0.717) is 16.8 Å². The molecule has 1 unspecified atom stereocenters. The van der Waals surface area contributed by atoms with Crippen LogP contribution in [0.5, 0.6) is 5.75 Å². The molecule has 0 radical (unpaired) electrons. The highest BCUT2D eigenvalue weighted by Crippen LogP contribution is 2.44. The van der Waals surface area contributed by atoms with Crippen LogP contribution >= 0.6 is 0 Å². The van der Waals surface area contributed by atoms with Crippen LogP contribution in [-0.4, -0.2) is 30.8 Å². The SMILES string of the molecule is COc1cc(C#N)ccc1C1C(C(=O)OCC(F)(F)F)=C(C)Nc2c(C)c[nH]c(=O)c21. The number of carbonyl (C=O) groups excluding carboxylic acids is 1. The van der Waals surface area contributed by atoms with Crippen molar-refractivity contribution in [2.45, 2.75) is 25.9 Å². The average Bonchev–Trinajstić information content (AvgIpc) is 2.72. The van der Waals surface area contributed by atoms with Crippen molar-refractivity contribution in [1.82, 2.24) is 4.98 Å². The Morgan fingerprint density at radius 2 is 2.00 bits per heavy atom. The van der Waals surface area contributed by atoms with E-state index in [1.807, 2.05) is 6.07 Å². The van der Waals surface area contributed by atoms with E-state index in [1.165, 1.54) is 38.4 Å². The summed E-state index contributed by atoms with van der Waals surface area (Å²) in [6.45, 7) is 1.48. The summed E-state index contributed by atoms with van der Waals surface area (Å²) in [6, 6.07) is 6.36. The Bertz CT molecular complexity index is 1180. The summed E-state index contributed by atoms with van der Waals surface area (Å²) >= 11 is 0. The number of aromatic amines is 1. The van der Waals surface area contributed by atoms with Gasteiger partial charge in [0.2, 0.25) is 0 Å². The van der Waals surface area contributed by atoms with Gasteiger partial charge >= 0.3 is 12.1 Å². The van der Waals surface area contributed by atoms with Crippen LogP contribution in [0.4, 0.5) is 18.9 Å². The molecule has 3 rings (SSSR count). The van der Waals surface area contributed by atoms with Crippen LogP contribution in [-0.2, 0) is 9.53 Å². The Morgan fingerprint density at radius 3 is 2.61 bits per heavy atom. The third kappa shape index (κ3) is 4.26. The Labute approximate surface area is 175 Å². The molecule has 0 fully saturated rings. The first-order valence-corrected chi connectivity index (χ1v) is 9.09. The molecule has 7 nitrogen and oxygen atoms in total. The van der Waals surface area contributed by atoms with E-state index in [0.717, 1.165) is 0 Å². The third-order valence-corrected chi connectivity index (χ3v) is 4.88. The van der Waals surface area contributed by atoms with Crippen LogP contribution < -0.4 is 15.6 Å². The predicted molar refractivity (Wildman–Crippen MR) is 105 cm³/mol. The number of aryl methyl sites for hydroxylation is 1. The number of hydrogen-bond donors (Lipinski definition) is 2. The van der Waals surface area contributed by atoms with Crippen LogP contribution in [0, 0.1) is 18.3 Å². The van der Waals surface area contributed by atoms with Gasteiger partial charge in [0, 0.05) is 17.5 Å². The first-order chi connectivity index (χ1) is 14.6. The largest absolute Gasteiger partial charge is 0.496 e. The molecule has 1 aliphatic rings. The van der Waals surface area contributed by atoms with Gasteiger partial charge in [0.1, 0.15) is 5.75 Å². The van der Waals surface area contributed by atoms with Gasteiger partial charge in [-0.05, 0) is 31.5 Å². The normalized spacial score (nSPS) is 15.6. The Balaban J connectivity index is 2.25. The van der Waals surface area contributed by atoms with Gasteiger partial charge in [-0.1, -0.05) is 6.07 Å². The number of esters is 1. The van der Waals surface area contributed by atoms with Gasteiger partial charge in [-0.2, -0.15) is 18.4 Å². The summed E-state index contributed by atoms with van der Waals surface area (Å²) in [5, 5.41) is 12.1. The number of nitrogens with one attached hydrogen (secondary N) is 2. The van der Waals surface area contributed by atoms with Gasteiger partial charge in [-0.25, -0.2) is 4.79 Å². The Kier molecular flexibility index (Phi) is 5.79. The number of allylic oxidation sites excluding steroid dienone is 1. The second-order valence-electron chi connectivity index (χ2n) is 6.95. The number of hydrogen-bond acceptors (Lipinski definition) is 6. The summed E-state index contributed by atoms with van der Waals surface area (Å²) in [7, 11) is 1.35. The van der Waals surface area contributed by atoms with Gasteiger partial charge in [0.05, 0.1) is 41.5 Å². The molecule has 10 heteroatoms. The molecule has 31 heavy (non-hydrogen) atoms. The van der Waals surface area contributed by atoms with Gasteiger partial charge in [0.25, 0.3) is 5.56 Å². The number of anilines is 1. The number of benzene rings is 1. The minimum atomic E-state index is -4.71. The summed E-state index contributed by atoms with van der Waals surface area (Å²) in [6.07, 6.45) is -3.22. The molecule has 2 heterocycles. The number of carbonyl (C=O) groups is 1. The number of pyridine rings is 1. The second kappa shape index (κ2) is 8.18. The molecule has 0 bridgehead atoms. The zero-order chi connectivity index (χ0) is 22.9. The van der Waals surface area contributed by atoms with Gasteiger partial charge in [0.15, 0.2) is 6.61 Å². The minimum Gasteiger partial charge on any atom is -0.496 e. The van der Waals surface area contributed by atoms with Crippen molar-refractivity contribution in [3.63, 3.8) is 0 Å². The van der Waals surface area contributed by atoms with Crippen LogP contribution in [0.25, 0.3) is 0 Å².